The van der Waals surface area contributed by atoms with Crippen LogP contribution in [0.25, 0.3) is 33.4 Å². The van der Waals surface area contributed by atoms with E-state index < -0.39 is 0 Å². The van der Waals surface area contributed by atoms with Crippen molar-refractivity contribution in [1.82, 2.24) is 0 Å². The van der Waals surface area contributed by atoms with E-state index in [1.165, 1.54) is 4.90 Å². The molecule has 0 bridgehead atoms. The first-order valence-electron chi connectivity index (χ1n) is 14.6. The van der Waals surface area contributed by atoms with E-state index in [1.54, 1.807) is 0 Å². The van der Waals surface area contributed by atoms with E-state index in [1.807, 2.05) is 121 Å². The van der Waals surface area contributed by atoms with Crippen molar-refractivity contribution in [2.24, 2.45) is 0 Å². The van der Waals surface area contributed by atoms with Gasteiger partial charge in [0.25, 0.3) is 0 Å². The second-order valence-electron chi connectivity index (χ2n) is 10.5. The molecule has 1 aliphatic rings. The second kappa shape index (κ2) is 13.9. The highest BCUT2D eigenvalue weighted by molar-refractivity contribution is 8.00. The Kier molecular flexibility index (Phi) is 9.37. The molecule has 0 aliphatic heterocycles. The number of thioether (sulfide) groups is 2. The van der Waals surface area contributed by atoms with Gasteiger partial charge in [-0.25, -0.2) is 0 Å². The number of aromatic hydroxyl groups is 2. The molecule has 6 rings (SSSR count). The lowest BCUT2D eigenvalue weighted by Crippen LogP contribution is -2.14. The predicted octanol–water partition coefficient (Wildman–Crippen LogP) is 10.6. The van der Waals surface area contributed by atoms with Crippen molar-refractivity contribution in [1.29, 1.82) is 0 Å². The molecule has 0 amide bonds. The van der Waals surface area contributed by atoms with Crippen LogP contribution in [0, 0.1) is 0 Å². The number of allylic oxidation sites excluding steroid dienone is 3. The van der Waals surface area contributed by atoms with Crippen LogP contribution in [0.4, 0.5) is 0 Å². The van der Waals surface area contributed by atoms with Crippen LogP contribution in [0.15, 0.2) is 151 Å². The molecule has 2 N–H and O–H groups in total. The molecule has 0 spiro atoms. The highest BCUT2D eigenvalue weighted by Crippen LogP contribution is 2.43. The minimum atomic E-state index is 0.118. The van der Waals surface area contributed by atoms with Gasteiger partial charge in [0, 0.05) is 38.3 Å². The fraction of sp³-hybridized carbons (Fsp3) is 0.128. The fourth-order valence-corrected chi connectivity index (χ4v) is 8.02. The van der Waals surface area contributed by atoms with Gasteiger partial charge in [-0.05, 0) is 40.7 Å². The Morgan fingerprint density at radius 2 is 1.09 bits per heavy atom. The van der Waals surface area contributed by atoms with Gasteiger partial charge in [-0.2, -0.15) is 11.8 Å². The Balaban J connectivity index is 1.11. The number of phenols is 2. The van der Waals surface area contributed by atoms with Gasteiger partial charge in [0.2, 0.25) is 0 Å². The molecule has 4 heteroatoms. The molecule has 214 valence electrons. The largest absolute Gasteiger partial charge is 0.507 e. The third-order valence-corrected chi connectivity index (χ3v) is 10.3. The highest BCUT2D eigenvalue weighted by Gasteiger charge is 2.24. The topological polar surface area (TPSA) is 40.5 Å². The number of benzene rings is 5. The van der Waals surface area contributed by atoms with Crippen LogP contribution in [-0.4, -0.2) is 27.0 Å². The van der Waals surface area contributed by atoms with E-state index in [0.29, 0.717) is 11.5 Å². The number of phenolic OH excluding ortho intramolecular Hbond substituents is 2. The molecule has 43 heavy (non-hydrogen) atoms. The van der Waals surface area contributed by atoms with Gasteiger partial charge in [-0.15, -0.1) is 11.8 Å². The summed E-state index contributed by atoms with van der Waals surface area (Å²) in [6, 6.07) is 40.6. The van der Waals surface area contributed by atoms with Crippen molar-refractivity contribution >= 4 is 23.5 Å². The summed E-state index contributed by atoms with van der Waals surface area (Å²) in [5.41, 5.74) is 6.65. The van der Waals surface area contributed by atoms with Crippen molar-refractivity contribution in [3.63, 3.8) is 0 Å². The smallest absolute Gasteiger partial charge is 0.131 e. The first-order valence-corrected chi connectivity index (χ1v) is 16.7. The summed E-state index contributed by atoms with van der Waals surface area (Å²) in [5.74, 6) is 2.81. The minimum absolute atomic E-state index is 0.118. The Bertz CT molecular complexity index is 1730. The highest BCUT2D eigenvalue weighted by atomic mass is 32.2. The third-order valence-electron chi connectivity index (χ3n) is 7.75. The molecule has 5 aromatic rings. The summed E-state index contributed by atoms with van der Waals surface area (Å²) >= 11 is 3.79. The number of para-hydroxylation sites is 2. The maximum atomic E-state index is 11.3. The van der Waals surface area contributed by atoms with Crippen molar-refractivity contribution < 1.29 is 10.2 Å². The maximum absolute atomic E-state index is 11.3. The summed E-state index contributed by atoms with van der Waals surface area (Å²) < 4.78 is 0. The van der Waals surface area contributed by atoms with Crippen LogP contribution in [0.3, 0.4) is 0 Å². The molecule has 2 unspecified atom stereocenters. The lowest BCUT2D eigenvalue weighted by molar-refractivity contribution is 0.467. The Morgan fingerprint density at radius 1 is 0.512 bits per heavy atom. The summed E-state index contributed by atoms with van der Waals surface area (Å²) in [4.78, 5) is 1.18. The third kappa shape index (κ3) is 6.61. The summed E-state index contributed by atoms with van der Waals surface area (Å²) in [5, 5.41) is 22.8. The van der Waals surface area contributed by atoms with Gasteiger partial charge >= 0.3 is 0 Å². The van der Waals surface area contributed by atoms with Crippen molar-refractivity contribution in [2.45, 2.75) is 22.5 Å². The number of hydrogen-bond donors (Lipinski definition) is 2. The predicted molar refractivity (Wildman–Crippen MR) is 185 cm³/mol. The van der Waals surface area contributed by atoms with Crippen LogP contribution >= 0.6 is 23.5 Å². The Morgan fingerprint density at radius 3 is 1.84 bits per heavy atom. The molecule has 1 aliphatic carbocycles. The molecular formula is C39H34O2S2. The Labute approximate surface area is 262 Å². The number of rotatable bonds is 10. The van der Waals surface area contributed by atoms with Gasteiger partial charge in [-0.1, -0.05) is 140 Å². The molecule has 0 radical (unpaired) electrons. The zero-order valence-electron chi connectivity index (χ0n) is 23.8. The molecule has 2 nitrogen and oxygen atoms in total. The molecule has 2 atom stereocenters. The molecule has 0 saturated heterocycles. The van der Waals surface area contributed by atoms with Crippen LogP contribution < -0.4 is 0 Å². The van der Waals surface area contributed by atoms with E-state index in [9.17, 15) is 10.2 Å². The monoisotopic (exact) mass is 598 g/mol. The van der Waals surface area contributed by atoms with Gasteiger partial charge in [0.1, 0.15) is 11.5 Å². The SMILES string of the molecule is Oc1c(-c2ccccc2)cccc1-c1ccccc1SCCCSC1C=CC=CC1c1cccc(-c2ccccc2)c1O. The van der Waals surface area contributed by atoms with E-state index >= 15 is 0 Å². The molecule has 5 aromatic carbocycles. The van der Waals surface area contributed by atoms with Crippen LogP contribution in [0.5, 0.6) is 11.5 Å². The lowest BCUT2D eigenvalue weighted by Gasteiger charge is -2.25. The summed E-state index contributed by atoms with van der Waals surface area (Å²) in [7, 11) is 0. The van der Waals surface area contributed by atoms with Gasteiger partial charge in [0.05, 0.1) is 0 Å². The number of hydrogen-bond acceptors (Lipinski definition) is 4. The van der Waals surface area contributed by atoms with E-state index in [0.717, 1.165) is 56.9 Å². The van der Waals surface area contributed by atoms with Crippen LogP contribution in [-0.2, 0) is 0 Å². The van der Waals surface area contributed by atoms with E-state index in [-0.39, 0.29) is 11.2 Å². The molecule has 0 fully saturated rings. The molecule has 0 heterocycles. The first-order chi connectivity index (χ1) is 21.2. The fourth-order valence-electron chi connectivity index (χ4n) is 5.59. The van der Waals surface area contributed by atoms with Crippen molar-refractivity contribution in [3.8, 4) is 44.9 Å². The van der Waals surface area contributed by atoms with Gasteiger partial charge < -0.3 is 10.2 Å². The Hall–Kier alpha value is -4.12. The average Bonchev–Trinajstić information content (AvgIpc) is 3.06. The van der Waals surface area contributed by atoms with E-state index in [4.69, 9.17) is 0 Å². The molecule has 0 saturated carbocycles. The standard InChI is InChI=1S/C39H34O2S2/c40-38-30(28-14-3-1-4-15-28)20-11-22-34(38)32-18-7-9-24-36(32)42-26-13-27-43-37-25-10-8-19-33(37)35-23-12-21-31(39(35)41)29-16-5-2-6-17-29/h1-12,14-25,32,36,40-41H,13,26-27H2. The van der Waals surface area contributed by atoms with Crippen LogP contribution in [0.1, 0.15) is 17.9 Å². The zero-order chi connectivity index (χ0) is 29.4. The second-order valence-corrected chi connectivity index (χ2v) is 12.9. The minimum Gasteiger partial charge on any atom is -0.507 e. The van der Waals surface area contributed by atoms with Gasteiger partial charge in [0.15, 0.2) is 0 Å². The lowest BCUT2D eigenvalue weighted by atomic mass is 9.89. The average molecular weight is 599 g/mol. The summed E-state index contributed by atoms with van der Waals surface area (Å²) in [6.07, 6.45) is 9.73. The molecular weight excluding hydrogens is 565 g/mol. The van der Waals surface area contributed by atoms with Crippen LogP contribution in [0.2, 0.25) is 0 Å². The maximum Gasteiger partial charge on any atom is 0.131 e. The quantitative estimate of drug-likeness (QED) is 0.124. The summed E-state index contributed by atoms with van der Waals surface area (Å²) in [6.45, 7) is 0. The van der Waals surface area contributed by atoms with Crippen molar-refractivity contribution in [2.75, 3.05) is 11.5 Å². The van der Waals surface area contributed by atoms with Gasteiger partial charge in [-0.3, -0.25) is 0 Å². The zero-order valence-corrected chi connectivity index (χ0v) is 25.5. The first kappa shape index (κ1) is 29.0. The van der Waals surface area contributed by atoms with Crippen molar-refractivity contribution in [3.05, 3.63) is 151 Å². The molecule has 0 aromatic heterocycles. The normalized spacial score (nSPS) is 15.9. The van der Waals surface area contributed by atoms with E-state index in [2.05, 4.69) is 48.6 Å².